The highest BCUT2D eigenvalue weighted by Gasteiger charge is 2.15. The summed E-state index contributed by atoms with van der Waals surface area (Å²) in [6, 6.07) is 6.53. The van der Waals surface area contributed by atoms with Gasteiger partial charge in [-0.25, -0.2) is 4.39 Å². The highest BCUT2D eigenvalue weighted by atomic mass is 32.1. The van der Waals surface area contributed by atoms with E-state index in [2.05, 4.69) is 10.1 Å². The quantitative estimate of drug-likeness (QED) is 0.779. The van der Waals surface area contributed by atoms with E-state index in [9.17, 15) is 4.39 Å². The third kappa shape index (κ3) is 2.30. The number of rotatable bonds is 2. The number of benzene rings is 1. The van der Waals surface area contributed by atoms with E-state index >= 15 is 0 Å². The standard InChI is InChI=1S/C14H12FN3OS/c1-7-3-9(6-10(15)4-7)13-17-14(19-18-13)11-5-8(2)20-12(11)16/h3-6H,16H2,1-2H3. The molecule has 2 N–H and O–H groups in total. The summed E-state index contributed by atoms with van der Waals surface area (Å²) in [5, 5.41) is 4.52. The summed E-state index contributed by atoms with van der Waals surface area (Å²) in [6.07, 6.45) is 0. The van der Waals surface area contributed by atoms with E-state index in [1.54, 1.807) is 6.07 Å². The molecule has 6 heteroatoms. The van der Waals surface area contributed by atoms with Crippen molar-refractivity contribution in [3.8, 4) is 22.8 Å². The highest BCUT2D eigenvalue weighted by Crippen LogP contribution is 2.33. The van der Waals surface area contributed by atoms with Gasteiger partial charge < -0.3 is 10.3 Å². The van der Waals surface area contributed by atoms with E-state index in [0.717, 1.165) is 16.0 Å². The van der Waals surface area contributed by atoms with Gasteiger partial charge in [0.2, 0.25) is 5.82 Å². The van der Waals surface area contributed by atoms with Gasteiger partial charge in [-0.15, -0.1) is 11.3 Å². The van der Waals surface area contributed by atoms with Crippen LogP contribution in [0, 0.1) is 19.7 Å². The zero-order valence-electron chi connectivity index (χ0n) is 11.0. The second kappa shape index (κ2) is 4.72. The van der Waals surface area contributed by atoms with E-state index in [-0.39, 0.29) is 5.82 Å². The molecule has 0 atom stereocenters. The van der Waals surface area contributed by atoms with Gasteiger partial charge in [0, 0.05) is 10.4 Å². The van der Waals surface area contributed by atoms with Crippen molar-refractivity contribution in [1.82, 2.24) is 10.1 Å². The van der Waals surface area contributed by atoms with Crippen LogP contribution in [-0.2, 0) is 0 Å². The lowest BCUT2D eigenvalue weighted by atomic mass is 10.1. The summed E-state index contributed by atoms with van der Waals surface area (Å²) in [7, 11) is 0. The molecule has 0 saturated carbocycles. The van der Waals surface area contributed by atoms with Crippen LogP contribution in [0.4, 0.5) is 9.39 Å². The molecule has 0 amide bonds. The van der Waals surface area contributed by atoms with Crippen LogP contribution in [0.5, 0.6) is 0 Å². The summed E-state index contributed by atoms with van der Waals surface area (Å²) in [4.78, 5) is 5.36. The third-order valence-electron chi connectivity index (χ3n) is 2.84. The maximum atomic E-state index is 13.4. The van der Waals surface area contributed by atoms with E-state index in [1.807, 2.05) is 19.9 Å². The van der Waals surface area contributed by atoms with Crippen molar-refractivity contribution in [3.63, 3.8) is 0 Å². The normalized spacial score (nSPS) is 10.9. The summed E-state index contributed by atoms with van der Waals surface area (Å²) in [5.74, 6) is 0.381. The van der Waals surface area contributed by atoms with Gasteiger partial charge in [-0.2, -0.15) is 4.98 Å². The Hall–Kier alpha value is -2.21. The number of hydrogen-bond donors (Lipinski definition) is 1. The molecular weight excluding hydrogens is 277 g/mol. The Bertz CT molecular complexity index is 758. The number of nitrogens with zero attached hydrogens (tertiary/aromatic N) is 2. The van der Waals surface area contributed by atoms with Crippen molar-refractivity contribution in [2.45, 2.75) is 13.8 Å². The Labute approximate surface area is 119 Å². The molecule has 0 saturated heterocycles. The zero-order chi connectivity index (χ0) is 14.3. The topological polar surface area (TPSA) is 64.9 Å². The SMILES string of the molecule is Cc1cc(F)cc(-c2noc(-c3cc(C)sc3N)n2)c1. The van der Waals surface area contributed by atoms with Crippen LogP contribution in [0.3, 0.4) is 0 Å². The molecule has 2 aromatic heterocycles. The van der Waals surface area contributed by atoms with E-state index in [1.165, 1.54) is 23.5 Å². The number of halogens is 1. The fraction of sp³-hybridized carbons (Fsp3) is 0.143. The van der Waals surface area contributed by atoms with Crippen LogP contribution < -0.4 is 5.73 Å². The number of anilines is 1. The minimum Gasteiger partial charge on any atom is -0.390 e. The monoisotopic (exact) mass is 289 g/mol. The van der Waals surface area contributed by atoms with Crippen LogP contribution in [0.1, 0.15) is 10.4 Å². The molecule has 4 nitrogen and oxygen atoms in total. The van der Waals surface area contributed by atoms with Gasteiger partial charge in [0.1, 0.15) is 5.82 Å². The Balaban J connectivity index is 2.04. The number of nitrogen functional groups attached to an aromatic ring is 1. The smallest absolute Gasteiger partial charge is 0.261 e. The third-order valence-corrected chi connectivity index (χ3v) is 3.72. The molecule has 0 bridgehead atoms. The molecule has 0 fully saturated rings. The Kier molecular flexibility index (Phi) is 3.02. The lowest BCUT2D eigenvalue weighted by molar-refractivity contribution is 0.432. The van der Waals surface area contributed by atoms with Crippen LogP contribution in [0.25, 0.3) is 22.8 Å². The molecule has 0 aliphatic heterocycles. The van der Waals surface area contributed by atoms with Crippen molar-refractivity contribution >= 4 is 16.3 Å². The maximum Gasteiger partial charge on any atom is 0.261 e. The summed E-state index contributed by atoms with van der Waals surface area (Å²) in [6.45, 7) is 3.77. The predicted molar refractivity (Wildman–Crippen MR) is 76.9 cm³/mol. The van der Waals surface area contributed by atoms with Gasteiger partial charge in [0.15, 0.2) is 0 Å². The molecule has 0 aliphatic rings. The number of thiophene rings is 1. The summed E-state index contributed by atoms with van der Waals surface area (Å²) >= 11 is 1.46. The van der Waals surface area contributed by atoms with Crippen molar-refractivity contribution in [2.75, 3.05) is 5.73 Å². The van der Waals surface area contributed by atoms with Crippen LogP contribution in [0.2, 0.25) is 0 Å². The van der Waals surface area contributed by atoms with Crippen molar-refractivity contribution < 1.29 is 8.91 Å². The van der Waals surface area contributed by atoms with Crippen LogP contribution in [0.15, 0.2) is 28.8 Å². The van der Waals surface area contributed by atoms with Gasteiger partial charge in [0.05, 0.1) is 10.6 Å². The van der Waals surface area contributed by atoms with Crippen molar-refractivity contribution in [2.24, 2.45) is 0 Å². The van der Waals surface area contributed by atoms with E-state index < -0.39 is 0 Å². The minimum absolute atomic E-state index is 0.322. The molecule has 0 unspecified atom stereocenters. The van der Waals surface area contributed by atoms with E-state index in [0.29, 0.717) is 22.3 Å². The molecule has 0 radical (unpaired) electrons. The van der Waals surface area contributed by atoms with Gasteiger partial charge in [-0.3, -0.25) is 0 Å². The zero-order valence-corrected chi connectivity index (χ0v) is 11.8. The minimum atomic E-state index is -0.322. The van der Waals surface area contributed by atoms with Crippen LogP contribution >= 0.6 is 11.3 Å². The summed E-state index contributed by atoms with van der Waals surface area (Å²) in [5.41, 5.74) is 8.01. The van der Waals surface area contributed by atoms with Crippen molar-refractivity contribution in [3.05, 3.63) is 40.5 Å². The van der Waals surface area contributed by atoms with Gasteiger partial charge in [-0.1, -0.05) is 5.16 Å². The first-order valence-corrected chi connectivity index (χ1v) is 6.82. The summed E-state index contributed by atoms with van der Waals surface area (Å²) < 4.78 is 18.6. The molecular formula is C14H12FN3OS. The number of aryl methyl sites for hydroxylation is 2. The number of hydrogen-bond acceptors (Lipinski definition) is 5. The molecule has 2 heterocycles. The second-order valence-corrected chi connectivity index (χ2v) is 5.86. The molecule has 0 aliphatic carbocycles. The predicted octanol–water partition coefficient (Wildman–Crippen LogP) is 3.80. The van der Waals surface area contributed by atoms with Gasteiger partial charge in [0.25, 0.3) is 5.89 Å². The average Bonchev–Trinajstić information content (AvgIpc) is 2.94. The Morgan fingerprint density at radius 2 is 2.00 bits per heavy atom. The molecule has 1 aromatic carbocycles. The lowest BCUT2D eigenvalue weighted by Crippen LogP contribution is -1.86. The molecule has 3 rings (SSSR count). The first kappa shape index (κ1) is 12.8. The molecule has 3 aromatic rings. The first-order chi connectivity index (χ1) is 9.52. The maximum absolute atomic E-state index is 13.4. The highest BCUT2D eigenvalue weighted by molar-refractivity contribution is 7.16. The Morgan fingerprint density at radius 1 is 1.20 bits per heavy atom. The van der Waals surface area contributed by atoms with E-state index in [4.69, 9.17) is 10.3 Å². The number of nitrogens with two attached hydrogens (primary N) is 1. The molecule has 20 heavy (non-hydrogen) atoms. The lowest BCUT2D eigenvalue weighted by Gasteiger charge is -1.97. The molecule has 0 spiro atoms. The number of aromatic nitrogens is 2. The second-order valence-electron chi connectivity index (χ2n) is 4.58. The first-order valence-electron chi connectivity index (χ1n) is 6.00. The average molecular weight is 289 g/mol. The fourth-order valence-electron chi connectivity index (χ4n) is 2.01. The van der Waals surface area contributed by atoms with Crippen molar-refractivity contribution in [1.29, 1.82) is 0 Å². The Morgan fingerprint density at radius 3 is 2.65 bits per heavy atom. The van der Waals surface area contributed by atoms with Gasteiger partial charge >= 0.3 is 0 Å². The van der Waals surface area contributed by atoms with Gasteiger partial charge in [-0.05, 0) is 43.7 Å². The molecule has 102 valence electrons. The van der Waals surface area contributed by atoms with Crippen LogP contribution in [-0.4, -0.2) is 10.1 Å². The largest absolute Gasteiger partial charge is 0.390 e. The fourth-order valence-corrected chi connectivity index (χ4v) is 2.79.